The van der Waals surface area contributed by atoms with Crippen LogP contribution < -0.4 is 5.73 Å². The van der Waals surface area contributed by atoms with Crippen molar-refractivity contribution in [2.75, 3.05) is 5.73 Å². The minimum Gasteiger partial charge on any atom is -0.398 e. The highest BCUT2D eigenvalue weighted by atomic mass is 32.1. The Bertz CT molecular complexity index is 484. The summed E-state index contributed by atoms with van der Waals surface area (Å²) in [6.45, 7) is 1.94. The smallest absolute Gasteiger partial charge is 0.0957 e. The zero-order valence-electron chi connectivity index (χ0n) is 8.92. The van der Waals surface area contributed by atoms with Crippen LogP contribution in [0.3, 0.4) is 0 Å². The number of pyridine rings is 1. The molecule has 2 aromatic rings. The maximum absolute atomic E-state index is 10.0. The molecule has 0 bridgehead atoms. The van der Waals surface area contributed by atoms with Crippen LogP contribution in [0.25, 0.3) is 0 Å². The zero-order chi connectivity index (χ0) is 11.5. The van der Waals surface area contributed by atoms with Crippen molar-refractivity contribution < 1.29 is 5.11 Å². The average Bonchev–Trinajstić information content (AvgIpc) is 2.64. The maximum Gasteiger partial charge on any atom is 0.0957 e. The molecule has 0 radical (unpaired) electrons. The van der Waals surface area contributed by atoms with Crippen molar-refractivity contribution in [3.8, 4) is 0 Å². The molecule has 0 aliphatic rings. The van der Waals surface area contributed by atoms with E-state index in [9.17, 15) is 5.11 Å². The van der Waals surface area contributed by atoms with Gasteiger partial charge in [-0.1, -0.05) is 0 Å². The quantitative estimate of drug-likeness (QED) is 0.849. The van der Waals surface area contributed by atoms with Crippen molar-refractivity contribution >= 4 is 17.0 Å². The van der Waals surface area contributed by atoms with E-state index in [1.807, 2.05) is 12.3 Å². The van der Waals surface area contributed by atoms with Gasteiger partial charge in [-0.05, 0) is 13.0 Å². The molecule has 2 heterocycles. The van der Waals surface area contributed by atoms with Gasteiger partial charge in [-0.2, -0.15) is 0 Å². The number of thiazole rings is 1. The van der Waals surface area contributed by atoms with E-state index in [-0.39, 0.29) is 0 Å². The van der Waals surface area contributed by atoms with Gasteiger partial charge in [0.2, 0.25) is 0 Å². The van der Waals surface area contributed by atoms with Crippen LogP contribution >= 0.6 is 11.3 Å². The van der Waals surface area contributed by atoms with Crippen LogP contribution in [-0.4, -0.2) is 15.1 Å². The minimum atomic E-state index is -0.640. The summed E-state index contributed by atoms with van der Waals surface area (Å²) in [5, 5.41) is 12.9. The second-order valence-corrected chi connectivity index (χ2v) is 4.55. The van der Waals surface area contributed by atoms with E-state index >= 15 is 0 Å². The topological polar surface area (TPSA) is 72.0 Å². The third kappa shape index (κ3) is 2.37. The minimum absolute atomic E-state index is 0.481. The Hall–Kier alpha value is -1.46. The van der Waals surface area contributed by atoms with Crippen molar-refractivity contribution in [3.05, 3.63) is 40.1 Å². The Morgan fingerprint density at radius 2 is 2.38 bits per heavy atom. The Labute approximate surface area is 97.8 Å². The number of hydrogen-bond donors (Lipinski definition) is 2. The van der Waals surface area contributed by atoms with Crippen molar-refractivity contribution in [1.29, 1.82) is 0 Å². The van der Waals surface area contributed by atoms with Gasteiger partial charge < -0.3 is 10.8 Å². The van der Waals surface area contributed by atoms with Gasteiger partial charge in [-0.3, -0.25) is 4.98 Å². The predicted octanol–water partition coefficient (Wildman–Crippen LogP) is 1.70. The van der Waals surface area contributed by atoms with Gasteiger partial charge in [0, 0.05) is 41.1 Å². The molecule has 16 heavy (non-hydrogen) atoms. The number of aryl methyl sites for hydroxylation is 1. The lowest BCUT2D eigenvalue weighted by molar-refractivity contribution is 0.178. The lowest BCUT2D eigenvalue weighted by Gasteiger charge is -2.10. The van der Waals surface area contributed by atoms with Gasteiger partial charge in [-0.15, -0.1) is 11.3 Å². The zero-order valence-corrected chi connectivity index (χ0v) is 9.74. The molecular weight excluding hydrogens is 222 g/mol. The van der Waals surface area contributed by atoms with E-state index in [0.717, 1.165) is 10.7 Å². The lowest BCUT2D eigenvalue weighted by atomic mass is 10.1. The van der Waals surface area contributed by atoms with Gasteiger partial charge in [-0.25, -0.2) is 4.98 Å². The molecular formula is C11H13N3OS. The monoisotopic (exact) mass is 235 g/mol. The number of anilines is 1. The maximum atomic E-state index is 10.0. The van der Waals surface area contributed by atoms with Gasteiger partial charge in [0.05, 0.1) is 11.1 Å². The first-order valence-electron chi connectivity index (χ1n) is 4.95. The Morgan fingerprint density at radius 1 is 1.56 bits per heavy atom. The molecule has 0 saturated heterocycles. The SMILES string of the molecule is Cc1csc(CC(O)c2cnccc2N)n1. The van der Waals surface area contributed by atoms with Gasteiger partial charge in [0.15, 0.2) is 0 Å². The van der Waals surface area contributed by atoms with Crippen LogP contribution in [0.15, 0.2) is 23.8 Å². The van der Waals surface area contributed by atoms with Crippen LogP contribution in [0.4, 0.5) is 5.69 Å². The molecule has 3 N–H and O–H groups in total. The fourth-order valence-electron chi connectivity index (χ4n) is 1.47. The third-order valence-corrected chi connectivity index (χ3v) is 3.27. The molecule has 0 spiro atoms. The summed E-state index contributed by atoms with van der Waals surface area (Å²) in [5.41, 5.74) is 7.97. The van der Waals surface area contributed by atoms with Crippen molar-refractivity contribution in [1.82, 2.24) is 9.97 Å². The highest BCUT2D eigenvalue weighted by Crippen LogP contribution is 2.23. The van der Waals surface area contributed by atoms with Gasteiger partial charge in [0.25, 0.3) is 0 Å². The largest absolute Gasteiger partial charge is 0.398 e. The van der Waals surface area contributed by atoms with Gasteiger partial charge >= 0.3 is 0 Å². The lowest BCUT2D eigenvalue weighted by Crippen LogP contribution is -2.05. The molecule has 0 aromatic carbocycles. The molecule has 2 aromatic heterocycles. The molecule has 1 unspecified atom stereocenters. The van der Waals surface area contributed by atoms with Crippen LogP contribution in [-0.2, 0) is 6.42 Å². The van der Waals surface area contributed by atoms with E-state index in [1.54, 1.807) is 29.8 Å². The third-order valence-electron chi connectivity index (χ3n) is 2.28. The number of rotatable bonds is 3. The molecule has 2 rings (SSSR count). The van der Waals surface area contributed by atoms with E-state index in [1.165, 1.54) is 0 Å². The summed E-state index contributed by atoms with van der Waals surface area (Å²) >= 11 is 1.55. The number of hydrogen-bond acceptors (Lipinski definition) is 5. The second-order valence-electron chi connectivity index (χ2n) is 3.61. The molecule has 84 valence electrons. The number of nitrogen functional groups attached to an aromatic ring is 1. The molecule has 0 saturated carbocycles. The molecule has 0 fully saturated rings. The highest BCUT2D eigenvalue weighted by Gasteiger charge is 2.13. The summed E-state index contributed by atoms with van der Waals surface area (Å²) in [4.78, 5) is 8.26. The van der Waals surface area contributed by atoms with Crippen LogP contribution in [0.1, 0.15) is 22.4 Å². The molecule has 0 aliphatic carbocycles. The van der Waals surface area contributed by atoms with E-state index in [2.05, 4.69) is 9.97 Å². The number of aliphatic hydroxyl groups excluding tert-OH is 1. The second kappa shape index (κ2) is 4.59. The summed E-state index contributed by atoms with van der Waals surface area (Å²) < 4.78 is 0. The molecule has 4 nitrogen and oxygen atoms in total. The van der Waals surface area contributed by atoms with Crippen LogP contribution in [0.5, 0.6) is 0 Å². The average molecular weight is 235 g/mol. The predicted molar refractivity (Wildman–Crippen MR) is 64.2 cm³/mol. The number of aliphatic hydroxyl groups is 1. The normalized spacial score (nSPS) is 12.6. The number of aromatic nitrogens is 2. The highest BCUT2D eigenvalue weighted by molar-refractivity contribution is 7.09. The summed E-state index contributed by atoms with van der Waals surface area (Å²) in [5.74, 6) is 0. The van der Waals surface area contributed by atoms with Crippen LogP contribution in [0.2, 0.25) is 0 Å². The molecule has 1 atom stereocenters. The Balaban J connectivity index is 2.14. The van der Waals surface area contributed by atoms with Crippen molar-refractivity contribution in [3.63, 3.8) is 0 Å². The van der Waals surface area contributed by atoms with Crippen LogP contribution in [0, 0.1) is 6.92 Å². The van der Waals surface area contributed by atoms with E-state index in [0.29, 0.717) is 17.7 Å². The summed E-state index contributed by atoms with van der Waals surface area (Å²) in [6.07, 6.45) is 3.05. The number of nitrogens with zero attached hydrogens (tertiary/aromatic N) is 2. The Kier molecular flexibility index (Phi) is 3.17. The van der Waals surface area contributed by atoms with E-state index < -0.39 is 6.10 Å². The van der Waals surface area contributed by atoms with Crippen molar-refractivity contribution in [2.24, 2.45) is 0 Å². The fraction of sp³-hybridized carbons (Fsp3) is 0.273. The fourth-order valence-corrected chi connectivity index (χ4v) is 2.28. The van der Waals surface area contributed by atoms with Crippen molar-refractivity contribution in [2.45, 2.75) is 19.4 Å². The molecule has 5 heteroatoms. The molecule has 0 amide bonds. The first kappa shape index (κ1) is 11.0. The van der Waals surface area contributed by atoms with E-state index in [4.69, 9.17) is 5.73 Å². The first-order valence-corrected chi connectivity index (χ1v) is 5.83. The molecule has 0 aliphatic heterocycles. The standard InChI is InChI=1S/C11H13N3OS/c1-7-6-16-11(14-7)4-10(15)8-5-13-3-2-9(8)12/h2-3,5-6,10,15H,4H2,1H3,(H2,12,13). The Morgan fingerprint density at radius 3 is 3.00 bits per heavy atom. The van der Waals surface area contributed by atoms with Gasteiger partial charge in [0.1, 0.15) is 0 Å². The summed E-state index contributed by atoms with van der Waals surface area (Å²) in [6, 6.07) is 1.69. The number of nitrogens with two attached hydrogens (primary N) is 1. The summed E-state index contributed by atoms with van der Waals surface area (Å²) in [7, 11) is 0. The first-order chi connectivity index (χ1) is 7.66.